The lowest BCUT2D eigenvalue weighted by Crippen LogP contribution is -2.53. The molecule has 3 heterocycles. The molecule has 1 fully saturated rings. The third-order valence-corrected chi connectivity index (χ3v) is 7.01. The molecule has 0 aliphatic carbocycles. The molecule has 1 amide bonds. The summed E-state index contributed by atoms with van der Waals surface area (Å²) in [6.07, 6.45) is 0.991. The fraction of sp³-hybridized carbons (Fsp3) is 0.345. The van der Waals surface area contributed by atoms with Gasteiger partial charge in [0.15, 0.2) is 5.65 Å². The van der Waals surface area contributed by atoms with Gasteiger partial charge in [-0.15, -0.1) is 0 Å². The molecule has 35 heavy (non-hydrogen) atoms. The van der Waals surface area contributed by atoms with E-state index >= 15 is 0 Å². The van der Waals surface area contributed by atoms with E-state index in [2.05, 4.69) is 74.2 Å². The minimum absolute atomic E-state index is 0.0558. The Bertz CT molecular complexity index is 1390. The van der Waals surface area contributed by atoms with Crippen LogP contribution < -0.4 is 4.90 Å². The molecule has 0 bridgehead atoms. The Hall–Kier alpha value is -3.67. The molecule has 1 atom stereocenters. The van der Waals surface area contributed by atoms with Gasteiger partial charge in [0, 0.05) is 37.1 Å². The highest BCUT2D eigenvalue weighted by molar-refractivity contribution is 6.07. The Morgan fingerprint density at radius 1 is 1.00 bits per heavy atom. The number of anilines is 1. The van der Waals surface area contributed by atoms with Crippen LogP contribution in [0.25, 0.3) is 16.7 Å². The molecule has 5 rings (SSSR count). The summed E-state index contributed by atoms with van der Waals surface area (Å²) in [5.74, 6) is 0.0558. The van der Waals surface area contributed by atoms with Gasteiger partial charge in [-0.25, -0.2) is 9.67 Å². The summed E-state index contributed by atoms with van der Waals surface area (Å²) in [7, 11) is 0. The molecule has 1 aliphatic heterocycles. The highest BCUT2D eigenvalue weighted by Crippen LogP contribution is 2.28. The highest BCUT2D eigenvalue weighted by atomic mass is 16.2. The van der Waals surface area contributed by atoms with Crippen molar-refractivity contribution in [3.63, 3.8) is 0 Å². The number of nitrogens with zero attached hydrogens (tertiary/aromatic N) is 5. The zero-order valence-electron chi connectivity index (χ0n) is 21.2. The van der Waals surface area contributed by atoms with Crippen molar-refractivity contribution in [3.8, 4) is 5.69 Å². The molecule has 4 aromatic rings. The number of piperazine rings is 1. The van der Waals surface area contributed by atoms with Crippen molar-refractivity contribution >= 4 is 22.6 Å². The lowest BCUT2D eigenvalue weighted by Gasteiger charge is -2.41. The highest BCUT2D eigenvalue weighted by Gasteiger charge is 2.30. The SMILES string of the molecule is CCc1ccc(-n2nc(C)c3c(C(=O)N4CCN(c5cccc(C)c5)[C@H](C)C4)cc(C)nc32)cc1. The minimum Gasteiger partial charge on any atom is -0.365 e. The summed E-state index contributed by atoms with van der Waals surface area (Å²) in [6, 6.07) is 19.1. The zero-order chi connectivity index (χ0) is 24.7. The first-order valence-electron chi connectivity index (χ1n) is 12.4. The second-order valence-electron chi connectivity index (χ2n) is 9.66. The van der Waals surface area contributed by atoms with E-state index < -0.39 is 0 Å². The number of pyridine rings is 1. The Kier molecular flexibility index (Phi) is 6.05. The van der Waals surface area contributed by atoms with E-state index in [1.165, 1.54) is 16.8 Å². The summed E-state index contributed by atoms with van der Waals surface area (Å²) in [6.45, 7) is 12.5. The Balaban J connectivity index is 1.47. The van der Waals surface area contributed by atoms with E-state index in [-0.39, 0.29) is 11.9 Å². The maximum Gasteiger partial charge on any atom is 0.254 e. The fourth-order valence-corrected chi connectivity index (χ4v) is 5.14. The van der Waals surface area contributed by atoms with E-state index in [1.807, 2.05) is 29.5 Å². The molecule has 0 unspecified atom stereocenters. The molecule has 1 saturated heterocycles. The summed E-state index contributed by atoms with van der Waals surface area (Å²) in [4.78, 5) is 23.0. The lowest BCUT2D eigenvalue weighted by molar-refractivity contribution is 0.0728. The average molecular weight is 468 g/mol. The van der Waals surface area contributed by atoms with Gasteiger partial charge in [0.05, 0.1) is 22.3 Å². The fourth-order valence-electron chi connectivity index (χ4n) is 5.14. The van der Waals surface area contributed by atoms with Gasteiger partial charge in [0.1, 0.15) is 0 Å². The van der Waals surface area contributed by atoms with Gasteiger partial charge in [-0.2, -0.15) is 5.10 Å². The van der Waals surface area contributed by atoms with Gasteiger partial charge < -0.3 is 9.80 Å². The van der Waals surface area contributed by atoms with Crippen molar-refractivity contribution in [2.45, 2.75) is 47.1 Å². The molecule has 0 saturated carbocycles. The van der Waals surface area contributed by atoms with Crippen molar-refractivity contribution in [2.75, 3.05) is 24.5 Å². The van der Waals surface area contributed by atoms with Gasteiger partial charge in [-0.05, 0) is 75.6 Å². The van der Waals surface area contributed by atoms with Crippen LogP contribution in [-0.2, 0) is 6.42 Å². The monoisotopic (exact) mass is 467 g/mol. The van der Waals surface area contributed by atoms with Crippen molar-refractivity contribution < 1.29 is 4.79 Å². The number of amides is 1. The first-order valence-corrected chi connectivity index (χ1v) is 12.4. The standard InChI is InChI=1S/C29H33N5O/c1-6-23-10-12-24(13-11-23)34-28-27(22(5)31-34)26(17-20(3)30-28)29(35)32-14-15-33(21(4)18-32)25-9-7-8-19(2)16-25/h7-13,16-17,21H,6,14-15,18H2,1-5H3/t21-/m1/s1. The molecule has 0 spiro atoms. The molecule has 2 aromatic carbocycles. The number of carbonyl (C=O) groups excluding carboxylic acids is 1. The van der Waals surface area contributed by atoms with E-state index in [0.717, 1.165) is 41.1 Å². The topological polar surface area (TPSA) is 54.3 Å². The van der Waals surface area contributed by atoms with E-state index in [1.54, 1.807) is 0 Å². The van der Waals surface area contributed by atoms with E-state index in [0.29, 0.717) is 18.7 Å². The van der Waals surface area contributed by atoms with Gasteiger partial charge in [-0.3, -0.25) is 4.79 Å². The maximum absolute atomic E-state index is 13.8. The number of fused-ring (bicyclic) bond motifs is 1. The molecule has 180 valence electrons. The van der Waals surface area contributed by atoms with Gasteiger partial charge in [0.2, 0.25) is 0 Å². The molecule has 1 aliphatic rings. The van der Waals surface area contributed by atoms with Crippen LogP contribution in [0.5, 0.6) is 0 Å². The van der Waals surface area contributed by atoms with Gasteiger partial charge in [0.25, 0.3) is 5.91 Å². The minimum atomic E-state index is 0.0558. The van der Waals surface area contributed by atoms with Crippen molar-refractivity contribution in [1.82, 2.24) is 19.7 Å². The Morgan fingerprint density at radius 2 is 1.77 bits per heavy atom. The number of rotatable bonds is 4. The summed E-state index contributed by atoms with van der Waals surface area (Å²) >= 11 is 0. The molecule has 2 aromatic heterocycles. The van der Waals surface area contributed by atoms with Crippen LogP contribution in [0.15, 0.2) is 54.6 Å². The number of aromatic nitrogens is 3. The van der Waals surface area contributed by atoms with E-state index in [9.17, 15) is 4.79 Å². The summed E-state index contributed by atoms with van der Waals surface area (Å²) in [5, 5.41) is 5.64. The van der Waals surface area contributed by atoms with Crippen molar-refractivity contribution in [3.05, 3.63) is 82.7 Å². The number of benzene rings is 2. The number of hydrogen-bond donors (Lipinski definition) is 0. The normalized spacial score (nSPS) is 16.2. The summed E-state index contributed by atoms with van der Waals surface area (Å²) in [5.41, 5.74) is 7.77. The van der Waals surface area contributed by atoms with Crippen LogP contribution in [0.4, 0.5) is 5.69 Å². The number of carbonyl (C=O) groups is 1. The van der Waals surface area contributed by atoms with Crippen LogP contribution >= 0.6 is 0 Å². The zero-order valence-corrected chi connectivity index (χ0v) is 21.2. The van der Waals surface area contributed by atoms with Crippen LogP contribution in [0.3, 0.4) is 0 Å². The number of hydrogen-bond acceptors (Lipinski definition) is 4. The first-order chi connectivity index (χ1) is 16.9. The Morgan fingerprint density at radius 3 is 2.46 bits per heavy atom. The van der Waals surface area contributed by atoms with Gasteiger partial charge in [-0.1, -0.05) is 31.2 Å². The third-order valence-electron chi connectivity index (χ3n) is 7.01. The van der Waals surface area contributed by atoms with Crippen LogP contribution in [-0.4, -0.2) is 51.2 Å². The smallest absolute Gasteiger partial charge is 0.254 e. The number of aryl methyl sites for hydroxylation is 4. The van der Waals surface area contributed by atoms with Crippen molar-refractivity contribution in [2.24, 2.45) is 0 Å². The molecule has 0 radical (unpaired) electrons. The first kappa shape index (κ1) is 23.1. The third kappa shape index (κ3) is 4.29. The predicted octanol–water partition coefficient (Wildman–Crippen LogP) is 5.26. The lowest BCUT2D eigenvalue weighted by atomic mass is 10.1. The predicted molar refractivity (Wildman–Crippen MR) is 142 cm³/mol. The van der Waals surface area contributed by atoms with E-state index in [4.69, 9.17) is 10.1 Å². The second kappa shape index (κ2) is 9.17. The van der Waals surface area contributed by atoms with Crippen LogP contribution in [0.1, 0.15) is 46.7 Å². The second-order valence-corrected chi connectivity index (χ2v) is 9.66. The van der Waals surface area contributed by atoms with Crippen molar-refractivity contribution in [1.29, 1.82) is 0 Å². The molecular weight excluding hydrogens is 434 g/mol. The quantitative estimate of drug-likeness (QED) is 0.411. The molecule has 0 N–H and O–H groups in total. The molecule has 6 heteroatoms. The molecule has 6 nitrogen and oxygen atoms in total. The largest absolute Gasteiger partial charge is 0.365 e. The Labute approximate surface area is 207 Å². The van der Waals surface area contributed by atoms with Crippen LogP contribution in [0, 0.1) is 20.8 Å². The van der Waals surface area contributed by atoms with Gasteiger partial charge >= 0.3 is 0 Å². The maximum atomic E-state index is 13.8. The molecular formula is C29H33N5O. The van der Waals surface area contributed by atoms with Crippen LogP contribution in [0.2, 0.25) is 0 Å². The average Bonchev–Trinajstić information content (AvgIpc) is 3.19. The summed E-state index contributed by atoms with van der Waals surface area (Å²) < 4.78 is 1.87.